The van der Waals surface area contributed by atoms with Gasteiger partial charge in [0.2, 0.25) is 0 Å². The number of unbranched alkanes of at least 4 members (excludes halogenated alkanes) is 1. The fraction of sp³-hybridized carbons (Fsp3) is 0.625. The molecule has 0 saturated heterocycles. The number of amides is 1. The van der Waals surface area contributed by atoms with Crippen molar-refractivity contribution < 1.29 is 29.3 Å². The number of hydrogen-bond donors (Lipinski definition) is 4. The largest absolute Gasteiger partial charge is 0.549 e. The predicted octanol–water partition coefficient (Wildman–Crippen LogP) is -3.45. The number of pyridine rings is 1. The van der Waals surface area contributed by atoms with Gasteiger partial charge in [-0.3, -0.25) is 19.6 Å². The lowest BCUT2D eigenvalue weighted by Gasteiger charge is -2.27. The second-order valence-corrected chi connectivity index (χ2v) is 9.25. The molecule has 212 valence electrons. The molecular weight excluding hydrogens is 514 g/mol. The molecule has 1 aromatic heterocycles. The van der Waals surface area contributed by atoms with Crippen molar-refractivity contribution in [2.45, 2.75) is 32.9 Å². The van der Waals surface area contributed by atoms with Crippen LogP contribution in [0.3, 0.4) is 0 Å². The Balaban J connectivity index is 2.00. The van der Waals surface area contributed by atoms with Gasteiger partial charge in [-0.05, 0) is 30.8 Å². The number of hydrogen-bond acceptors (Lipinski definition) is 11. The van der Waals surface area contributed by atoms with Crippen LogP contribution in [0.15, 0.2) is 12.1 Å². The Morgan fingerprint density at radius 3 is 2.29 bits per heavy atom. The summed E-state index contributed by atoms with van der Waals surface area (Å²) in [4.78, 5) is 42.7. The fourth-order valence-corrected chi connectivity index (χ4v) is 3.92. The van der Waals surface area contributed by atoms with Gasteiger partial charge in [0.1, 0.15) is 5.75 Å². The number of aliphatic carboxylic acids is 2. The van der Waals surface area contributed by atoms with E-state index in [4.69, 9.17) is 17.0 Å². The third-order valence-electron chi connectivity index (χ3n) is 5.57. The maximum atomic E-state index is 12.3. The summed E-state index contributed by atoms with van der Waals surface area (Å²) in [6, 6.07) is 3.35. The molecule has 1 amide bonds. The molecule has 2 heterocycles. The summed E-state index contributed by atoms with van der Waals surface area (Å²) in [5.41, 5.74) is 1.03. The summed E-state index contributed by atoms with van der Waals surface area (Å²) < 4.78 is 5.74. The molecule has 1 aliphatic heterocycles. The van der Waals surface area contributed by atoms with Gasteiger partial charge < -0.3 is 45.8 Å². The first-order valence-corrected chi connectivity index (χ1v) is 13.1. The highest BCUT2D eigenvalue weighted by Crippen LogP contribution is 2.20. The summed E-state index contributed by atoms with van der Waals surface area (Å²) in [5.74, 6) is -2.41. The number of carbonyl (C=O) groups is 3. The van der Waals surface area contributed by atoms with Crippen molar-refractivity contribution in [2.75, 3.05) is 65.5 Å². The number of ether oxygens (including phenoxy) is 1. The number of carboxylic acid groups (broad SMARTS) is 2. The minimum Gasteiger partial charge on any atom is -0.549 e. The van der Waals surface area contributed by atoms with E-state index in [9.17, 15) is 24.6 Å². The van der Waals surface area contributed by atoms with Gasteiger partial charge in [-0.15, -0.1) is 0 Å². The van der Waals surface area contributed by atoms with Crippen molar-refractivity contribution in [1.29, 1.82) is 0 Å². The number of aromatic nitrogens is 1. The number of carboxylic acids is 2. The lowest BCUT2D eigenvalue weighted by Crippen LogP contribution is -2.44. The molecule has 0 spiro atoms. The molecule has 4 N–H and O–H groups in total. The topological polar surface area (TPSA) is 174 Å². The van der Waals surface area contributed by atoms with Crippen LogP contribution in [0.25, 0.3) is 0 Å². The van der Waals surface area contributed by atoms with Crippen LogP contribution in [-0.4, -0.2) is 103 Å². The van der Waals surface area contributed by atoms with Gasteiger partial charge in [-0.25, -0.2) is 0 Å². The Morgan fingerprint density at radius 1 is 1.00 bits per heavy atom. The van der Waals surface area contributed by atoms with Crippen molar-refractivity contribution in [3.05, 3.63) is 23.5 Å². The van der Waals surface area contributed by atoms with E-state index >= 15 is 0 Å². The molecule has 13 nitrogen and oxygen atoms in total. The lowest BCUT2D eigenvalue weighted by atomic mass is 10.2. The van der Waals surface area contributed by atoms with E-state index in [1.807, 2.05) is 0 Å². The molecule has 0 fully saturated rings. The van der Waals surface area contributed by atoms with E-state index in [2.05, 4.69) is 33.2 Å². The predicted molar refractivity (Wildman–Crippen MR) is 140 cm³/mol. The Morgan fingerprint density at radius 2 is 1.63 bits per heavy atom. The highest BCUT2D eigenvalue weighted by Gasteiger charge is 2.17. The monoisotopic (exact) mass is 551 g/mol. The first kappa shape index (κ1) is 31.1. The van der Waals surface area contributed by atoms with E-state index < -0.39 is 11.9 Å². The van der Waals surface area contributed by atoms with E-state index in [-0.39, 0.29) is 38.7 Å². The first-order chi connectivity index (χ1) is 18.3. The van der Waals surface area contributed by atoms with Gasteiger partial charge >= 0.3 is 0 Å². The molecule has 0 radical (unpaired) electrons. The molecular formula is C24H37N7O6S-2. The van der Waals surface area contributed by atoms with Crippen LogP contribution >= 0.6 is 12.2 Å². The molecule has 2 bridgehead atoms. The van der Waals surface area contributed by atoms with Gasteiger partial charge in [0, 0.05) is 72.0 Å². The van der Waals surface area contributed by atoms with Crippen LogP contribution in [0.5, 0.6) is 5.75 Å². The van der Waals surface area contributed by atoms with Crippen molar-refractivity contribution >= 4 is 35.2 Å². The van der Waals surface area contributed by atoms with E-state index in [1.54, 1.807) is 21.9 Å². The van der Waals surface area contributed by atoms with E-state index in [0.717, 1.165) is 19.4 Å². The summed E-state index contributed by atoms with van der Waals surface area (Å²) in [6.07, 6.45) is 2.09. The summed E-state index contributed by atoms with van der Waals surface area (Å²) in [6.45, 7) is 5.13. The van der Waals surface area contributed by atoms with Gasteiger partial charge in [0.05, 0.1) is 23.3 Å². The van der Waals surface area contributed by atoms with Crippen molar-refractivity contribution in [2.24, 2.45) is 0 Å². The standard InChI is InChI=1S/C24H39N7O6S/c1-2-3-6-27-24(38)28-8-7-26-21(32)17-37-20-5-4-18-13-30(15-22(33)34)11-9-25-10-12-31(16-23(35)36)14-19(20)29-18/h4-5,25H,2-3,6-17H2,1H3,(H,26,32)(H,33,34)(H,35,36)(H2,27,28,38)/p-2. The normalized spacial score (nSPS) is 15.0. The molecule has 0 atom stereocenters. The van der Waals surface area contributed by atoms with Crippen molar-refractivity contribution in [3.8, 4) is 5.75 Å². The molecule has 0 saturated carbocycles. The molecule has 0 aromatic carbocycles. The van der Waals surface area contributed by atoms with Gasteiger partial charge in [-0.1, -0.05) is 13.3 Å². The average Bonchev–Trinajstić information content (AvgIpc) is 2.84. The first-order valence-electron chi connectivity index (χ1n) is 12.7. The number of fused-ring (bicyclic) bond motifs is 2. The Bertz CT molecular complexity index is 936. The van der Waals surface area contributed by atoms with Crippen LogP contribution in [0, 0.1) is 0 Å². The Kier molecular flexibility index (Phi) is 14.3. The quantitative estimate of drug-likeness (QED) is 0.141. The molecule has 14 heteroatoms. The molecule has 1 aliphatic rings. The maximum absolute atomic E-state index is 12.3. The van der Waals surface area contributed by atoms with Crippen LogP contribution in [0.4, 0.5) is 0 Å². The van der Waals surface area contributed by atoms with E-state index in [0.29, 0.717) is 61.5 Å². The van der Waals surface area contributed by atoms with Crippen molar-refractivity contribution in [1.82, 2.24) is 36.1 Å². The third kappa shape index (κ3) is 12.9. The number of carbonyl (C=O) groups excluding carboxylic acids is 3. The van der Waals surface area contributed by atoms with Crippen LogP contribution < -0.4 is 36.2 Å². The maximum Gasteiger partial charge on any atom is 0.258 e. The zero-order valence-electron chi connectivity index (χ0n) is 21.8. The third-order valence-corrected chi connectivity index (χ3v) is 5.86. The number of nitrogens with one attached hydrogen (secondary N) is 4. The minimum absolute atomic E-state index is 0.146. The average molecular weight is 552 g/mol. The lowest BCUT2D eigenvalue weighted by molar-refractivity contribution is -0.307. The fourth-order valence-electron chi connectivity index (χ4n) is 3.71. The van der Waals surface area contributed by atoms with E-state index in [1.165, 1.54) is 0 Å². The minimum atomic E-state index is -1.22. The van der Waals surface area contributed by atoms with Crippen LogP contribution in [0.1, 0.15) is 31.2 Å². The molecule has 38 heavy (non-hydrogen) atoms. The molecule has 0 aliphatic carbocycles. The molecule has 1 aromatic rings. The molecule has 2 rings (SSSR count). The Hall–Kier alpha value is -3.07. The zero-order chi connectivity index (χ0) is 27.8. The molecule has 0 unspecified atom stereocenters. The second-order valence-electron chi connectivity index (χ2n) is 8.84. The SMILES string of the molecule is CCCCNC(=S)NCCNC(=O)COc1ccc2nc1CN(CC(=O)[O-])CCNCCN(CC(=O)[O-])C2. The van der Waals surface area contributed by atoms with Crippen molar-refractivity contribution in [3.63, 3.8) is 0 Å². The highest BCUT2D eigenvalue weighted by atomic mass is 32.1. The number of rotatable bonds is 13. The highest BCUT2D eigenvalue weighted by molar-refractivity contribution is 7.80. The number of nitrogens with zero attached hydrogens (tertiary/aromatic N) is 3. The summed E-state index contributed by atoms with van der Waals surface area (Å²) in [7, 11) is 0. The number of thiocarbonyl (C=S) groups is 1. The zero-order valence-corrected chi connectivity index (χ0v) is 22.6. The van der Waals surface area contributed by atoms with Gasteiger partial charge in [0.15, 0.2) is 11.7 Å². The smallest absolute Gasteiger partial charge is 0.258 e. The second kappa shape index (κ2) is 17.4. The van der Waals surface area contributed by atoms with Gasteiger partial charge in [-0.2, -0.15) is 0 Å². The van der Waals surface area contributed by atoms with Crippen LogP contribution in [-0.2, 0) is 27.5 Å². The summed E-state index contributed by atoms with van der Waals surface area (Å²) >= 11 is 5.17. The van der Waals surface area contributed by atoms with Crippen LogP contribution in [0.2, 0.25) is 0 Å². The Labute approximate surface area is 228 Å². The summed E-state index contributed by atoms with van der Waals surface area (Å²) in [5, 5.41) is 35.0. The van der Waals surface area contributed by atoms with Gasteiger partial charge in [0.25, 0.3) is 5.91 Å².